The van der Waals surface area contributed by atoms with Gasteiger partial charge in [0.15, 0.2) is 0 Å². The number of nitrogens with zero attached hydrogens (tertiary/aromatic N) is 1. The van der Waals surface area contributed by atoms with Crippen LogP contribution in [0, 0.1) is 6.92 Å². The highest BCUT2D eigenvalue weighted by atomic mass is 35.5. The normalized spacial score (nSPS) is 11.4. The van der Waals surface area contributed by atoms with Crippen LogP contribution in [0.4, 0.5) is 13.2 Å². The molecule has 0 amide bonds. The molecule has 52 heavy (non-hydrogen) atoms. The van der Waals surface area contributed by atoms with E-state index in [0.29, 0.717) is 56.6 Å². The van der Waals surface area contributed by atoms with Crippen molar-refractivity contribution in [3.8, 4) is 39.9 Å². The zero-order valence-electron chi connectivity index (χ0n) is 30.3. The summed E-state index contributed by atoms with van der Waals surface area (Å²) in [6.07, 6.45) is 11.5. The highest BCUT2D eigenvalue weighted by Crippen LogP contribution is 2.42. The molecule has 0 saturated carbocycles. The lowest BCUT2D eigenvalue weighted by Crippen LogP contribution is -2.16. The van der Waals surface area contributed by atoms with Crippen LogP contribution in [0.5, 0.6) is 28.7 Å². The third-order valence-electron chi connectivity index (χ3n) is 8.74. The standard InChI is InChI=1S/C41H49ClF3NO6/c1-4-5-6-7-8-9-10-11-12-13-14-15-16-17-38(47)49-28-50-40-34-26-35(42)37(48-3)27-36(34)46-29(2)39(40)30-18-20-31(21-19-30)51-32-22-24-33(25-23-32)52-41(43,44)45/h18-27H,4-17,28H2,1-3H3. The van der Waals surface area contributed by atoms with E-state index in [9.17, 15) is 18.0 Å². The number of unbranched alkanes of at least 4 members (excludes halogenated alkanes) is 12. The number of rotatable bonds is 22. The Morgan fingerprint density at radius 2 is 1.31 bits per heavy atom. The van der Waals surface area contributed by atoms with Crippen LogP contribution in [0.3, 0.4) is 0 Å². The molecule has 4 aromatic rings. The topological polar surface area (TPSA) is 76.1 Å². The largest absolute Gasteiger partial charge is 0.573 e. The predicted molar refractivity (Wildman–Crippen MR) is 199 cm³/mol. The second-order valence-corrected chi connectivity index (χ2v) is 13.2. The van der Waals surface area contributed by atoms with Crippen LogP contribution in [-0.4, -0.2) is 31.2 Å². The molecule has 282 valence electrons. The van der Waals surface area contributed by atoms with Gasteiger partial charge in [0.05, 0.1) is 17.6 Å². The maximum absolute atomic E-state index is 12.6. The van der Waals surface area contributed by atoms with Gasteiger partial charge in [0, 0.05) is 29.1 Å². The third kappa shape index (κ3) is 13.1. The molecule has 0 bridgehead atoms. The molecule has 0 radical (unpaired) electrons. The number of aryl methyl sites for hydroxylation is 1. The Kier molecular flexibility index (Phi) is 16.2. The molecule has 0 unspecified atom stereocenters. The van der Waals surface area contributed by atoms with Crippen molar-refractivity contribution in [2.45, 2.75) is 110 Å². The number of methoxy groups -OCH3 is 1. The molecule has 0 aliphatic heterocycles. The lowest BCUT2D eigenvalue weighted by Gasteiger charge is -2.18. The minimum atomic E-state index is -4.78. The molecule has 11 heteroatoms. The van der Waals surface area contributed by atoms with Crippen LogP contribution in [0.2, 0.25) is 5.02 Å². The number of hydrogen-bond acceptors (Lipinski definition) is 7. The van der Waals surface area contributed by atoms with Gasteiger partial charge in [0.2, 0.25) is 6.79 Å². The molecule has 3 aromatic carbocycles. The van der Waals surface area contributed by atoms with E-state index in [-0.39, 0.29) is 18.5 Å². The Morgan fingerprint density at radius 3 is 1.87 bits per heavy atom. The van der Waals surface area contributed by atoms with Gasteiger partial charge in [-0.25, -0.2) is 0 Å². The molecular weight excluding hydrogens is 695 g/mol. The van der Waals surface area contributed by atoms with E-state index in [1.165, 1.54) is 95.6 Å². The molecule has 7 nitrogen and oxygen atoms in total. The summed E-state index contributed by atoms with van der Waals surface area (Å²) in [4.78, 5) is 17.4. The maximum Gasteiger partial charge on any atom is 0.573 e. The van der Waals surface area contributed by atoms with Crippen molar-refractivity contribution in [1.29, 1.82) is 0 Å². The van der Waals surface area contributed by atoms with Crippen LogP contribution in [0.25, 0.3) is 22.0 Å². The first-order valence-corrected chi connectivity index (χ1v) is 18.6. The van der Waals surface area contributed by atoms with E-state index in [4.69, 9.17) is 35.5 Å². The second kappa shape index (κ2) is 20.8. The highest BCUT2D eigenvalue weighted by Gasteiger charge is 2.31. The van der Waals surface area contributed by atoms with Gasteiger partial charge >= 0.3 is 12.3 Å². The summed E-state index contributed by atoms with van der Waals surface area (Å²) in [5, 5.41) is 0.978. The Morgan fingerprint density at radius 1 is 0.769 bits per heavy atom. The van der Waals surface area contributed by atoms with Gasteiger partial charge in [-0.3, -0.25) is 9.78 Å². The van der Waals surface area contributed by atoms with E-state index in [1.807, 2.05) is 19.1 Å². The van der Waals surface area contributed by atoms with E-state index in [2.05, 4.69) is 11.7 Å². The highest BCUT2D eigenvalue weighted by molar-refractivity contribution is 6.33. The van der Waals surface area contributed by atoms with Crippen molar-refractivity contribution in [1.82, 2.24) is 4.98 Å². The smallest absolute Gasteiger partial charge is 0.495 e. The molecule has 1 aromatic heterocycles. The molecule has 1 heterocycles. The number of halogens is 4. The first-order valence-electron chi connectivity index (χ1n) is 18.2. The number of esters is 1. The molecule has 4 rings (SSSR count). The lowest BCUT2D eigenvalue weighted by molar-refractivity contribution is -0.274. The van der Waals surface area contributed by atoms with Crippen molar-refractivity contribution in [2.24, 2.45) is 0 Å². The fraction of sp³-hybridized carbons (Fsp3) is 0.463. The van der Waals surface area contributed by atoms with Crippen LogP contribution in [0.15, 0.2) is 60.7 Å². The van der Waals surface area contributed by atoms with Crippen molar-refractivity contribution in [2.75, 3.05) is 13.9 Å². The van der Waals surface area contributed by atoms with Crippen LogP contribution in [-0.2, 0) is 9.53 Å². The summed E-state index contributed by atoms with van der Waals surface area (Å²) in [6.45, 7) is 3.80. The Bertz CT molecular complexity index is 1700. The Hall–Kier alpha value is -4.18. The van der Waals surface area contributed by atoms with E-state index in [0.717, 1.165) is 24.8 Å². The minimum absolute atomic E-state index is 0.290. The predicted octanol–water partition coefficient (Wildman–Crippen LogP) is 12.9. The average Bonchev–Trinajstić information content (AvgIpc) is 3.11. The summed E-state index contributed by atoms with van der Waals surface area (Å²) in [7, 11) is 1.52. The second-order valence-electron chi connectivity index (χ2n) is 12.8. The summed E-state index contributed by atoms with van der Waals surface area (Å²) >= 11 is 6.51. The van der Waals surface area contributed by atoms with Gasteiger partial charge < -0.3 is 23.7 Å². The van der Waals surface area contributed by atoms with Gasteiger partial charge in [-0.05, 0) is 61.4 Å². The quantitative estimate of drug-likeness (QED) is 0.0450. The number of hydrogen-bond donors (Lipinski definition) is 0. The number of pyridine rings is 1. The zero-order chi connectivity index (χ0) is 37.3. The summed E-state index contributed by atoms with van der Waals surface area (Å²) in [5.74, 6) is 1.03. The van der Waals surface area contributed by atoms with Crippen molar-refractivity contribution >= 4 is 28.5 Å². The first-order chi connectivity index (χ1) is 25.1. The fourth-order valence-electron chi connectivity index (χ4n) is 6.05. The number of aromatic nitrogens is 1. The number of fused-ring (bicyclic) bond motifs is 1. The van der Waals surface area contributed by atoms with Gasteiger partial charge in [0.25, 0.3) is 0 Å². The number of carbonyl (C=O) groups excluding carboxylic acids is 1. The van der Waals surface area contributed by atoms with E-state index in [1.54, 1.807) is 24.3 Å². The number of benzene rings is 3. The maximum atomic E-state index is 12.6. The monoisotopic (exact) mass is 743 g/mol. The van der Waals surface area contributed by atoms with Crippen LogP contribution < -0.4 is 18.9 Å². The Balaban J connectivity index is 1.34. The molecule has 0 fully saturated rings. The number of alkyl halides is 3. The summed E-state index contributed by atoms with van der Waals surface area (Å²) in [6, 6.07) is 15.6. The lowest BCUT2D eigenvalue weighted by atomic mass is 10.00. The zero-order valence-corrected chi connectivity index (χ0v) is 31.0. The SMILES string of the molecule is CCCCCCCCCCCCCCCC(=O)OCOc1c(-c2ccc(Oc3ccc(OC(F)(F)F)cc3)cc2)c(C)nc2cc(OC)c(Cl)cc12. The van der Waals surface area contributed by atoms with Crippen LogP contribution in [0.1, 0.15) is 103 Å². The number of carbonyl (C=O) groups is 1. The minimum Gasteiger partial charge on any atom is -0.495 e. The number of ether oxygens (including phenoxy) is 5. The van der Waals surface area contributed by atoms with Gasteiger partial charge in [-0.1, -0.05) is 108 Å². The van der Waals surface area contributed by atoms with Crippen molar-refractivity contribution in [3.63, 3.8) is 0 Å². The molecule has 0 aliphatic rings. The first kappa shape index (κ1) is 40.6. The van der Waals surface area contributed by atoms with Gasteiger partial charge in [-0.15, -0.1) is 13.2 Å². The summed E-state index contributed by atoms with van der Waals surface area (Å²) < 4.78 is 64.3. The molecule has 0 saturated heterocycles. The molecule has 0 spiro atoms. The van der Waals surface area contributed by atoms with Gasteiger partial charge in [-0.2, -0.15) is 0 Å². The molecular formula is C41H49ClF3NO6. The third-order valence-corrected chi connectivity index (χ3v) is 9.03. The van der Waals surface area contributed by atoms with Crippen molar-refractivity contribution in [3.05, 3.63) is 71.4 Å². The van der Waals surface area contributed by atoms with E-state index < -0.39 is 6.36 Å². The molecule has 0 atom stereocenters. The van der Waals surface area contributed by atoms with Crippen LogP contribution >= 0.6 is 11.6 Å². The van der Waals surface area contributed by atoms with Crippen molar-refractivity contribution < 1.29 is 41.7 Å². The Labute approximate surface area is 309 Å². The van der Waals surface area contributed by atoms with E-state index >= 15 is 0 Å². The molecule has 0 aliphatic carbocycles. The summed E-state index contributed by atoms with van der Waals surface area (Å²) in [5.41, 5.74) is 2.66. The van der Waals surface area contributed by atoms with Gasteiger partial charge in [0.1, 0.15) is 28.7 Å². The molecule has 0 N–H and O–H groups in total. The average molecular weight is 744 g/mol. The fourth-order valence-corrected chi connectivity index (χ4v) is 6.29.